The van der Waals surface area contributed by atoms with E-state index < -0.39 is 11.9 Å². The first-order chi connectivity index (χ1) is 9.04. The number of hydrogen-bond donors (Lipinski definition) is 0. The Morgan fingerprint density at radius 1 is 1.05 bits per heavy atom. The van der Waals surface area contributed by atoms with Crippen LogP contribution in [0.15, 0.2) is 6.07 Å². The summed E-state index contributed by atoms with van der Waals surface area (Å²) in [5.41, 5.74) is -0.922. The second-order valence-corrected chi connectivity index (χ2v) is 5.40. The molecule has 0 saturated carbocycles. The Bertz CT molecular complexity index is 457. The van der Waals surface area contributed by atoms with Crippen LogP contribution >= 0.6 is 0 Å². The molecule has 0 aliphatic rings. The van der Waals surface area contributed by atoms with Crippen molar-refractivity contribution in [2.24, 2.45) is 5.92 Å². The van der Waals surface area contributed by atoms with Gasteiger partial charge < -0.3 is 9.80 Å². The Labute approximate surface area is 117 Å². The average Bonchev–Trinajstić information content (AvgIpc) is 2.35. The minimum absolute atomic E-state index is 0.0356. The predicted molar refractivity (Wildman–Crippen MR) is 74.1 cm³/mol. The van der Waals surface area contributed by atoms with Gasteiger partial charge in [0.15, 0.2) is 5.69 Å². The fourth-order valence-electron chi connectivity index (χ4n) is 1.58. The molecule has 0 aliphatic heterocycles. The maximum atomic E-state index is 12.9. The van der Waals surface area contributed by atoms with Crippen LogP contribution in [0.2, 0.25) is 0 Å². The SMILES string of the molecule is CC(C)[C@@H](C)N(C)c1nc(N(C)C)cc(C(F)(F)F)n1. The number of anilines is 2. The molecule has 0 aromatic carbocycles. The molecule has 1 aromatic heterocycles. The maximum absolute atomic E-state index is 12.9. The van der Waals surface area contributed by atoms with E-state index in [2.05, 4.69) is 9.97 Å². The Hall–Kier alpha value is -1.53. The molecule has 7 heteroatoms. The van der Waals surface area contributed by atoms with E-state index in [1.807, 2.05) is 20.8 Å². The van der Waals surface area contributed by atoms with E-state index in [-0.39, 0.29) is 23.7 Å². The highest BCUT2D eigenvalue weighted by molar-refractivity contribution is 5.45. The summed E-state index contributed by atoms with van der Waals surface area (Å²) in [5, 5.41) is 0. The van der Waals surface area contributed by atoms with Gasteiger partial charge in [0.05, 0.1) is 0 Å². The van der Waals surface area contributed by atoms with E-state index >= 15 is 0 Å². The molecule has 0 aliphatic carbocycles. The van der Waals surface area contributed by atoms with Crippen LogP contribution in [0.3, 0.4) is 0 Å². The summed E-state index contributed by atoms with van der Waals surface area (Å²) < 4.78 is 38.7. The zero-order valence-electron chi connectivity index (χ0n) is 12.7. The van der Waals surface area contributed by atoms with Crippen LogP contribution in [-0.4, -0.2) is 37.2 Å². The van der Waals surface area contributed by atoms with Crippen molar-refractivity contribution >= 4 is 11.8 Å². The maximum Gasteiger partial charge on any atom is 0.433 e. The monoisotopic (exact) mass is 290 g/mol. The molecule has 0 radical (unpaired) electrons. The van der Waals surface area contributed by atoms with Crippen LogP contribution in [0.25, 0.3) is 0 Å². The highest BCUT2D eigenvalue weighted by atomic mass is 19.4. The zero-order chi connectivity index (χ0) is 15.7. The van der Waals surface area contributed by atoms with Crippen molar-refractivity contribution in [2.45, 2.75) is 33.0 Å². The fraction of sp³-hybridized carbons (Fsp3) is 0.692. The molecule has 20 heavy (non-hydrogen) atoms. The second-order valence-electron chi connectivity index (χ2n) is 5.40. The van der Waals surface area contributed by atoms with Crippen LogP contribution < -0.4 is 9.80 Å². The lowest BCUT2D eigenvalue weighted by atomic mass is 10.1. The van der Waals surface area contributed by atoms with Gasteiger partial charge in [-0.3, -0.25) is 0 Å². The summed E-state index contributed by atoms with van der Waals surface area (Å²) in [7, 11) is 5.01. The standard InChI is InChI=1S/C13H21F3N4/c1-8(2)9(3)20(6)12-17-10(13(14,15)16)7-11(18-12)19(4)5/h7-9H,1-6H3/t9-/m1/s1. The summed E-state index contributed by atoms with van der Waals surface area (Å²) in [6.45, 7) is 5.94. The van der Waals surface area contributed by atoms with Crippen molar-refractivity contribution in [1.82, 2.24) is 9.97 Å². The van der Waals surface area contributed by atoms with Crippen LogP contribution in [0.4, 0.5) is 24.9 Å². The topological polar surface area (TPSA) is 32.3 Å². The van der Waals surface area contributed by atoms with Gasteiger partial charge in [0.1, 0.15) is 5.82 Å². The van der Waals surface area contributed by atoms with E-state index in [1.165, 1.54) is 4.90 Å². The lowest BCUT2D eigenvalue weighted by Crippen LogP contribution is -2.35. The first-order valence-electron chi connectivity index (χ1n) is 6.40. The molecule has 0 spiro atoms. The van der Waals surface area contributed by atoms with Gasteiger partial charge in [-0.2, -0.15) is 18.2 Å². The van der Waals surface area contributed by atoms with E-state index in [9.17, 15) is 13.2 Å². The first kappa shape index (κ1) is 16.5. The van der Waals surface area contributed by atoms with Gasteiger partial charge in [-0.05, 0) is 12.8 Å². The molecule has 114 valence electrons. The molecule has 0 unspecified atom stereocenters. The summed E-state index contributed by atoms with van der Waals surface area (Å²) in [4.78, 5) is 11.1. The average molecular weight is 290 g/mol. The van der Waals surface area contributed by atoms with Crippen molar-refractivity contribution in [3.63, 3.8) is 0 Å². The number of hydrogen-bond acceptors (Lipinski definition) is 4. The van der Waals surface area contributed by atoms with Gasteiger partial charge in [-0.15, -0.1) is 0 Å². The molecule has 0 amide bonds. The lowest BCUT2D eigenvalue weighted by Gasteiger charge is -2.29. The summed E-state index contributed by atoms with van der Waals surface area (Å²) in [6.07, 6.45) is -4.48. The van der Waals surface area contributed by atoms with Gasteiger partial charge in [-0.1, -0.05) is 13.8 Å². The van der Waals surface area contributed by atoms with Gasteiger partial charge in [-0.25, -0.2) is 4.98 Å². The molecule has 1 atom stereocenters. The van der Waals surface area contributed by atoms with Crippen molar-refractivity contribution < 1.29 is 13.2 Å². The summed E-state index contributed by atoms with van der Waals surface area (Å²) >= 11 is 0. The van der Waals surface area contributed by atoms with Crippen molar-refractivity contribution in [3.05, 3.63) is 11.8 Å². The molecular formula is C13H21F3N4. The Morgan fingerprint density at radius 3 is 2.00 bits per heavy atom. The van der Waals surface area contributed by atoms with Crippen LogP contribution in [-0.2, 0) is 6.18 Å². The van der Waals surface area contributed by atoms with Gasteiger partial charge >= 0.3 is 6.18 Å². The molecular weight excluding hydrogens is 269 g/mol. The molecule has 1 aromatic rings. The van der Waals surface area contributed by atoms with E-state index in [0.29, 0.717) is 0 Å². The number of nitrogens with zero attached hydrogens (tertiary/aromatic N) is 4. The smallest absolute Gasteiger partial charge is 0.363 e. The Balaban J connectivity index is 3.29. The third-order valence-corrected chi connectivity index (χ3v) is 3.34. The molecule has 0 N–H and O–H groups in total. The number of rotatable bonds is 4. The molecule has 0 fully saturated rings. The highest BCUT2D eigenvalue weighted by Crippen LogP contribution is 2.31. The largest absolute Gasteiger partial charge is 0.433 e. The molecule has 1 heterocycles. The Kier molecular flexibility index (Phi) is 4.83. The van der Waals surface area contributed by atoms with Gasteiger partial charge in [0, 0.05) is 33.3 Å². The quantitative estimate of drug-likeness (QED) is 0.853. The summed E-state index contributed by atoms with van der Waals surface area (Å²) in [6, 6.07) is 0.991. The number of alkyl halides is 3. The van der Waals surface area contributed by atoms with E-state index in [4.69, 9.17) is 0 Å². The number of aromatic nitrogens is 2. The highest BCUT2D eigenvalue weighted by Gasteiger charge is 2.34. The van der Waals surface area contributed by atoms with Crippen LogP contribution in [0.5, 0.6) is 0 Å². The van der Waals surface area contributed by atoms with Crippen molar-refractivity contribution in [1.29, 1.82) is 0 Å². The minimum atomic E-state index is -4.48. The van der Waals surface area contributed by atoms with Gasteiger partial charge in [0.2, 0.25) is 5.95 Å². The second kappa shape index (κ2) is 5.85. The van der Waals surface area contributed by atoms with E-state index in [1.54, 1.807) is 26.0 Å². The van der Waals surface area contributed by atoms with Crippen LogP contribution in [0.1, 0.15) is 26.5 Å². The molecule has 0 bridgehead atoms. The normalized spacial score (nSPS) is 13.5. The van der Waals surface area contributed by atoms with E-state index in [0.717, 1.165) is 6.07 Å². The predicted octanol–water partition coefficient (Wildman–Crippen LogP) is 3.04. The lowest BCUT2D eigenvalue weighted by molar-refractivity contribution is -0.141. The fourth-order valence-corrected chi connectivity index (χ4v) is 1.58. The first-order valence-corrected chi connectivity index (χ1v) is 6.40. The third-order valence-electron chi connectivity index (χ3n) is 3.34. The number of halogens is 3. The summed E-state index contributed by atoms with van der Waals surface area (Å²) in [5.74, 6) is 0.607. The zero-order valence-corrected chi connectivity index (χ0v) is 12.7. The third kappa shape index (κ3) is 3.74. The molecule has 0 saturated heterocycles. The van der Waals surface area contributed by atoms with Gasteiger partial charge in [0.25, 0.3) is 0 Å². The van der Waals surface area contributed by atoms with Crippen molar-refractivity contribution in [2.75, 3.05) is 30.9 Å². The Morgan fingerprint density at radius 2 is 1.60 bits per heavy atom. The van der Waals surface area contributed by atoms with Crippen LogP contribution in [0, 0.1) is 5.92 Å². The minimum Gasteiger partial charge on any atom is -0.363 e. The molecule has 1 rings (SSSR count). The van der Waals surface area contributed by atoms with Crippen molar-refractivity contribution in [3.8, 4) is 0 Å². The molecule has 4 nitrogen and oxygen atoms in total.